The molecule has 0 bridgehead atoms. The highest BCUT2D eigenvalue weighted by Gasteiger charge is 2.31. The highest BCUT2D eigenvalue weighted by Crippen LogP contribution is 2.33. The highest BCUT2D eigenvalue weighted by molar-refractivity contribution is 6.32. The van der Waals surface area contributed by atoms with Crippen molar-refractivity contribution in [3.8, 4) is 11.4 Å². The van der Waals surface area contributed by atoms with Gasteiger partial charge in [0.15, 0.2) is 16.9 Å². The molecule has 9 heteroatoms. The number of fused-ring (bicyclic) bond motifs is 1. The summed E-state index contributed by atoms with van der Waals surface area (Å²) in [4.78, 5) is 43.9. The molecule has 1 aliphatic carbocycles. The Hall–Kier alpha value is -3.65. The van der Waals surface area contributed by atoms with E-state index in [0.29, 0.717) is 22.0 Å². The number of nitrogens with zero attached hydrogens (tertiary/aromatic N) is 4. The Morgan fingerprint density at radius 2 is 1.94 bits per heavy atom. The minimum absolute atomic E-state index is 0.107. The zero-order chi connectivity index (χ0) is 22.4. The van der Waals surface area contributed by atoms with Crippen molar-refractivity contribution < 1.29 is 9.53 Å². The quantitative estimate of drug-likeness (QED) is 0.421. The fourth-order valence-corrected chi connectivity index (χ4v) is 4.04. The second-order valence-corrected chi connectivity index (χ2v) is 8.08. The number of halogens is 1. The Morgan fingerprint density at radius 3 is 2.66 bits per heavy atom. The minimum Gasteiger partial charge on any atom is -0.497 e. The lowest BCUT2D eigenvalue weighted by Gasteiger charge is -2.13. The molecule has 0 aliphatic heterocycles. The molecule has 0 N–H and O–H groups in total. The van der Waals surface area contributed by atoms with Crippen LogP contribution in [0.3, 0.4) is 0 Å². The van der Waals surface area contributed by atoms with Gasteiger partial charge in [0, 0.05) is 11.6 Å². The number of rotatable bonds is 6. The first kappa shape index (κ1) is 20.3. The topological polar surface area (TPSA) is 88.1 Å². The third-order valence-corrected chi connectivity index (χ3v) is 5.88. The van der Waals surface area contributed by atoms with E-state index >= 15 is 0 Å². The maximum absolute atomic E-state index is 13.3. The number of imidazole rings is 1. The number of carbonyl (C=O) groups excluding carboxylic acids is 1. The van der Waals surface area contributed by atoms with E-state index in [1.54, 1.807) is 48.5 Å². The number of hydrogen-bond donors (Lipinski definition) is 0. The van der Waals surface area contributed by atoms with Gasteiger partial charge in [0.1, 0.15) is 5.75 Å². The van der Waals surface area contributed by atoms with E-state index in [2.05, 4.69) is 4.98 Å². The van der Waals surface area contributed by atoms with Crippen LogP contribution in [0.15, 0.2) is 64.4 Å². The van der Waals surface area contributed by atoms with Crippen molar-refractivity contribution in [2.45, 2.75) is 25.4 Å². The van der Waals surface area contributed by atoms with Gasteiger partial charge in [0.25, 0.3) is 5.56 Å². The SMILES string of the molecule is COc1cccc(C(=O)Cn2cnc3c2c(=O)n(C2CC2)c(=O)n3-c2ccccc2Cl)c1. The van der Waals surface area contributed by atoms with Gasteiger partial charge in [-0.05, 0) is 37.1 Å². The van der Waals surface area contributed by atoms with Crippen LogP contribution in [0, 0.1) is 0 Å². The molecular formula is C23H19ClN4O4. The summed E-state index contributed by atoms with van der Waals surface area (Å²) in [7, 11) is 1.53. The van der Waals surface area contributed by atoms with Crippen LogP contribution in [-0.2, 0) is 6.54 Å². The van der Waals surface area contributed by atoms with Gasteiger partial charge in [-0.2, -0.15) is 0 Å². The van der Waals surface area contributed by atoms with Gasteiger partial charge in [0.2, 0.25) is 0 Å². The lowest BCUT2D eigenvalue weighted by molar-refractivity contribution is 0.0973. The van der Waals surface area contributed by atoms with Gasteiger partial charge in [-0.25, -0.2) is 14.3 Å². The van der Waals surface area contributed by atoms with E-state index in [4.69, 9.17) is 16.3 Å². The van der Waals surface area contributed by atoms with E-state index in [9.17, 15) is 14.4 Å². The van der Waals surface area contributed by atoms with Gasteiger partial charge in [-0.3, -0.25) is 14.2 Å². The summed E-state index contributed by atoms with van der Waals surface area (Å²) < 4.78 is 9.28. The van der Waals surface area contributed by atoms with Gasteiger partial charge >= 0.3 is 5.69 Å². The fourth-order valence-electron chi connectivity index (χ4n) is 3.82. The van der Waals surface area contributed by atoms with Crippen LogP contribution >= 0.6 is 11.6 Å². The van der Waals surface area contributed by atoms with E-state index < -0.39 is 11.2 Å². The first-order valence-electron chi connectivity index (χ1n) is 10.1. The predicted octanol–water partition coefficient (Wildman–Crippen LogP) is 3.23. The molecule has 0 amide bonds. The van der Waals surface area contributed by atoms with E-state index in [1.165, 1.54) is 27.1 Å². The summed E-state index contributed by atoms with van der Waals surface area (Å²) in [6, 6.07) is 13.5. The second-order valence-electron chi connectivity index (χ2n) is 7.68. The normalized spacial score (nSPS) is 13.4. The molecule has 2 aromatic carbocycles. The number of hydrogen-bond acceptors (Lipinski definition) is 5. The van der Waals surface area contributed by atoms with Crippen molar-refractivity contribution >= 4 is 28.5 Å². The van der Waals surface area contributed by atoms with Crippen molar-refractivity contribution in [3.63, 3.8) is 0 Å². The van der Waals surface area contributed by atoms with Crippen LogP contribution in [-0.4, -0.2) is 31.6 Å². The van der Waals surface area contributed by atoms with Gasteiger partial charge < -0.3 is 9.30 Å². The summed E-state index contributed by atoms with van der Waals surface area (Å²) >= 11 is 6.37. The predicted molar refractivity (Wildman–Crippen MR) is 120 cm³/mol. The molecule has 32 heavy (non-hydrogen) atoms. The van der Waals surface area contributed by atoms with Gasteiger partial charge in [-0.1, -0.05) is 35.9 Å². The molecule has 162 valence electrons. The summed E-state index contributed by atoms with van der Waals surface area (Å²) in [5, 5.41) is 0.360. The Morgan fingerprint density at radius 1 is 1.16 bits per heavy atom. The van der Waals surface area contributed by atoms with Crippen LogP contribution in [0.1, 0.15) is 29.2 Å². The molecule has 0 saturated heterocycles. The maximum Gasteiger partial charge on any atom is 0.337 e. The van der Waals surface area contributed by atoms with Crippen molar-refractivity contribution in [2.75, 3.05) is 7.11 Å². The van der Waals surface area contributed by atoms with Gasteiger partial charge in [-0.15, -0.1) is 0 Å². The third kappa shape index (κ3) is 3.33. The molecular weight excluding hydrogens is 432 g/mol. The largest absolute Gasteiger partial charge is 0.497 e. The minimum atomic E-state index is -0.484. The van der Waals surface area contributed by atoms with Crippen LogP contribution in [0.25, 0.3) is 16.9 Å². The zero-order valence-corrected chi connectivity index (χ0v) is 18.0. The van der Waals surface area contributed by atoms with Crippen LogP contribution < -0.4 is 16.0 Å². The van der Waals surface area contributed by atoms with Crippen LogP contribution in [0.4, 0.5) is 0 Å². The smallest absolute Gasteiger partial charge is 0.337 e. The lowest BCUT2D eigenvalue weighted by atomic mass is 10.1. The summed E-state index contributed by atoms with van der Waals surface area (Å²) in [5.74, 6) is 0.353. The van der Waals surface area contributed by atoms with Crippen LogP contribution in [0.2, 0.25) is 5.02 Å². The zero-order valence-electron chi connectivity index (χ0n) is 17.2. The summed E-state index contributed by atoms with van der Waals surface area (Å²) in [6.07, 6.45) is 2.91. The number of para-hydroxylation sites is 1. The average molecular weight is 451 g/mol. The molecule has 2 heterocycles. The van der Waals surface area contributed by atoms with Crippen molar-refractivity contribution in [1.82, 2.24) is 18.7 Å². The average Bonchev–Trinajstić information content (AvgIpc) is 3.54. The molecule has 1 saturated carbocycles. The van der Waals surface area contributed by atoms with E-state index in [1.807, 2.05) is 0 Å². The number of aromatic nitrogens is 4. The van der Waals surface area contributed by atoms with Gasteiger partial charge in [0.05, 0.1) is 30.7 Å². The number of carbonyl (C=O) groups is 1. The van der Waals surface area contributed by atoms with Crippen molar-refractivity contribution in [2.24, 2.45) is 0 Å². The first-order valence-corrected chi connectivity index (χ1v) is 10.5. The van der Waals surface area contributed by atoms with Crippen LogP contribution in [0.5, 0.6) is 5.75 Å². The Bertz CT molecular complexity index is 1480. The monoisotopic (exact) mass is 450 g/mol. The highest BCUT2D eigenvalue weighted by atomic mass is 35.5. The molecule has 0 spiro atoms. The number of benzene rings is 2. The molecule has 1 aliphatic rings. The summed E-state index contributed by atoms with van der Waals surface area (Å²) in [5.41, 5.74) is 0.307. The molecule has 5 rings (SSSR count). The van der Waals surface area contributed by atoms with E-state index in [-0.39, 0.29) is 29.5 Å². The number of ether oxygens (including phenoxy) is 1. The van der Waals surface area contributed by atoms with E-state index in [0.717, 1.165) is 12.8 Å². The lowest BCUT2D eigenvalue weighted by Crippen LogP contribution is -2.39. The second kappa shape index (κ2) is 7.80. The maximum atomic E-state index is 13.3. The fraction of sp³-hybridized carbons (Fsp3) is 0.217. The Balaban J connectivity index is 1.69. The summed E-state index contributed by atoms with van der Waals surface area (Å²) in [6.45, 7) is -0.107. The first-order chi connectivity index (χ1) is 15.5. The number of methoxy groups -OCH3 is 1. The molecule has 2 aromatic heterocycles. The molecule has 4 aromatic rings. The number of ketones is 1. The molecule has 0 radical (unpaired) electrons. The molecule has 0 unspecified atom stereocenters. The third-order valence-electron chi connectivity index (χ3n) is 5.56. The Kier molecular flexibility index (Phi) is 4.94. The van der Waals surface area contributed by atoms with Crippen molar-refractivity contribution in [3.05, 3.63) is 86.3 Å². The molecule has 0 atom stereocenters. The molecule has 1 fully saturated rings. The molecule has 8 nitrogen and oxygen atoms in total. The number of Topliss-reactive ketones (excluding diaryl/α,β-unsaturated/α-hetero) is 1. The standard InChI is InChI=1S/C23H19ClN4O4/c1-32-16-6-4-5-14(11-16)19(29)12-26-13-25-21-20(26)22(30)27(15-9-10-15)23(31)28(21)18-8-3-2-7-17(18)24/h2-8,11,13,15H,9-10,12H2,1H3. The Labute approximate surface area is 187 Å². The van der Waals surface area contributed by atoms with Crippen molar-refractivity contribution in [1.29, 1.82) is 0 Å².